The molecule has 0 radical (unpaired) electrons. The number of para-hydroxylation sites is 1. The third-order valence-electron chi connectivity index (χ3n) is 2.75. The van der Waals surface area contributed by atoms with E-state index in [1.165, 1.54) is 0 Å². The molecule has 0 amide bonds. The molecule has 0 spiro atoms. The summed E-state index contributed by atoms with van der Waals surface area (Å²) in [5, 5.41) is 0. The second-order valence-electron chi connectivity index (χ2n) is 4.03. The summed E-state index contributed by atoms with van der Waals surface area (Å²) in [5.41, 5.74) is 0.829. The topological polar surface area (TPSA) is 35.5 Å². The largest absolute Gasteiger partial charge is 0.463 e. The lowest BCUT2D eigenvalue weighted by Crippen LogP contribution is -2.20. The zero-order valence-electron chi connectivity index (χ0n) is 10.8. The van der Waals surface area contributed by atoms with Gasteiger partial charge in [-0.3, -0.25) is 4.79 Å². The molecule has 100 valence electrons. The highest BCUT2D eigenvalue weighted by Crippen LogP contribution is 2.22. The molecule has 1 unspecified atom stereocenters. The number of ether oxygens (including phenoxy) is 2. The molecule has 1 atom stereocenters. The van der Waals surface area contributed by atoms with E-state index in [0.717, 1.165) is 5.56 Å². The Morgan fingerprint density at radius 1 is 1.39 bits per heavy atom. The lowest BCUT2D eigenvalue weighted by atomic mass is 9.96. The highest BCUT2D eigenvalue weighted by atomic mass is 19.1. The van der Waals surface area contributed by atoms with Crippen molar-refractivity contribution in [3.05, 3.63) is 29.8 Å². The Balaban J connectivity index is 2.76. The summed E-state index contributed by atoms with van der Waals surface area (Å²) >= 11 is 0. The van der Waals surface area contributed by atoms with Crippen LogP contribution < -0.4 is 4.74 Å². The molecule has 0 bridgehead atoms. The van der Waals surface area contributed by atoms with Gasteiger partial charge >= 0.3 is 0 Å². The van der Waals surface area contributed by atoms with E-state index in [9.17, 15) is 9.18 Å². The van der Waals surface area contributed by atoms with Gasteiger partial charge in [0, 0.05) is 12.5 Å². The molecule has 0 aromatic heterocycles. The predicted molar refractivity (Wildman–Crippen MR) is 67.4 cm³/mol. The Morgan fingerprint density at radius 3 is 2.72 bits per heavy atom. The molecule has 4 heteroatoms. The highest BCUT2D eigenvalue weighted by Gasteiger charge is 2.17. The van der Waals surface area contributed by atoms with Crippen LogP contribution >= 0.6 is 0 Å². The van der Waals surface area contributed by atoms with Crippen molar-refractivity contribution in [2.75, 3.05) is 20.1 Å². The van der Waals surface area contributed by atoms with Crippen LogP contribution in [-0.4, -0.2) is 25.9 Å². The van der Waals surface area contributed by atoms with Gasteiger partial charge in [0.2, 0.25) is 6.86 Å². The predicted octanol–water partition coefficient (Wildman–Crippen LogP) is 2.78. The van der Waals surface area contributed by atoms with E-state index in [-0.39, 0.29) is 11.7 Å². The molecule has 1 aromatic carbocycles. The van der Waals surface area contributed by atoms with E-state index in [4.69, 9.17) is 9.47 Å². The molecule has 0 aliphatic rings. The molecule has 1 aromatic rings. The normalized spacial score (nSPS) is 12.2. The first-order chi connectivity index (χ1) is 8.69. The van der Waals surface area contributed by atoms with Crippen molar-refractivity contribution < 1.29 is 18.7 Å². The van der Waals surface area contributed by atoms with Gasteiger partial charge in [0.05, 0.1) is 6.61 Å². The van der Waals surface area contributed by atoms with Crippen molar-refractivity contribution in [1.29, 1.82) is 0 Å². The molecule has 1 rings (SSSR count). The summed E-state index contributed by atoms with van der Waals surface area (Å²) < 4.78 is 22.4. The zero-order chi connectivity index (χ0) is 13.4. The summed E-state index contributed by atoms with van der Waals surface area (Å²) in [6.07, 6.45) is 0.505. The van der Waals surface area contributed by atoms with Gasteiger partial charge in [0.15, 0.2) is 0 Å². The van der Waals surface area contributed by atoms with Crippen molar-refractivity contribution in [3.8, 4) is 5.75 Å². The Labute approximate surface area is 107 Å². The van der Waals surface area contributed by atoms with Crippen LogP contribution in [0.1, 0.15) is 19.4 Å². The fourth-order valence-electron chi connectivity index (χ4n) is 1.72. The van der Waals surface area contributed by atoms with Gasteiger partial charge in [0.25, 0.3) is 0 Å². The second kappa shape index (κ2) is 7.82. The molecule has 0 saturated heterocycles. The smallest absolute Gasteiger partial charge is 0.228 e. The minimum absolute atomic E-state index is 0.0681. The number of halogens is 1. The Bertz CT molecular complexity index is 379. The summed E-state index contributed by atoms with van der Waals surface area (Å²) in [6.45, 7) is 3.52. The number of rotatable bonds is 8. The molecule has 18 heavy (non-hydrogen) atoms. The van der Waals surface area contributed by atoms with Crippen molar-refractivity contribution in [1.82, 2.24) is 0 Å². The number of alkyl halides is 1. The second-order valence-corrected chi connectivity index (χ2v) is 4.03. The highest BCUT2D eigenvalue weighted by molar-refractivity contribution is 5.78. The maximum atomic E-state index is 12.2. The lowest BCUT2D eigenvalue weighted by Gasteiger charge is -2.15. The van der Waals surface area contributed by atoms with Gasteiger partial charge in [-0.15, -0.1) is 0 Å². The standard InChI is InChI=1S/C14H19FO3/c1-3-17-9-13(11(2)16)8-12-6-4-5-7-14(12)18-10-15/h4-7,13H,3,8-10H2,1-2H3. The number of carbonyl (C=O) groups excluding carboxylic acids is 1. The van der Waals surface area contributed by atoms with Gasteiger partial charge in [-0.2, -0.15) is 0 Å². The fourth-order valence-corrected chi connectivity index (χ4v) is 1.72. The Morgan fingerprint density at radius 2 is 2.11 bits per heavy atom. The molecule has 0 aliphatic carbocycles. The number of Topliss-reactive ketones (excluding diaryl/α,β-unsaturated/α-hetero) is 1. The van der Waals surface area contributed by atoms with Gasteiger partial charge < -0.3 is 9.47 Å². The van der Waals surface area contributed by atoms with E-state index >= 15 is 0 Å². The monoisotopic (exact) mass is 254 g/mol. The van der Waals surface area contributed by atoms with Crippen LogP contribution in [0.4, 0.5) is 4.39 Å². The number of carbonyl (C=O) groups is 1. The van der Waals surface area contributed by atoms with Gasteiger partial charge in [-0.1, -0.05) is 18.2 Å². The fraction of sp³-hybridized carbons (Fsp3) is 0.500. The van der Waals surface area contributed by atoms with Crippen molar-refractivity contribution >= 4 is 5.78 Å². The molecular weight excluding hydrogens is 235 g/mol. The van der Waals surface area contributed by atoms with Crippen molar-refractivity contribution in [2.45, 2.75) is 20.3 Å². The summed E-state index contributed by atoms with van der Waals surface area (Å²) in [4.78, 5) is 11.5. The Hall–Kier alpha value is -1.42. The van der Waals surface area contributed by atoms with Crippen molar-refractivity contribution in [3.63, 3.8) is 0 Å². The molecule has 0 heterocycles. The van der Waals surface area contributed by atoms with Crippen LogP contribution in [0.25, 0.3) is 0 Å². The average molecular weight is 254 g/mol. The SMILES string of the molecule is CCOCC(Cc1ccccc1OCF)C(C)=O. The minimum Gasteiger partial charge on any atom is -0.463 e. The molecule has 0 fully saturated rings. The van der Waals surface area contributed by atoms with Crippen molar-refractivity contribution in [2.24, 2.45) is 5.92 Å². The summed E-state index contributed by atoms with van der Waals surface area (Å²) in [7, 11) is 0. The first-order valence-corrected chi connectivity index (χ1v) is 6.03. The van der Waals surface area contributed by atoms with Gasteiger partial charge in [-0.05, 0) is 31.9 Å². The van der Waals surface area contributed by atoms with Crippen LogP contribution in [0.15, 0.2) is 24.3 Å². The molecule has 0 aliphatic heterocycles. The number of ketones is 1. The maximum Gasteiger partial charge on any atom is 0.228 e. The number of hydrogen-bond acceptors (Lipinski definition) is 3. The minimum atomic E-state index is -0.868. The van der Waals surface area contributed by atoms with Crippen LogP contribution in [0.2, 0.25) is 0 Å². The lowest BCUT2D eigenvalue weighted by molar-refractivity contribution is -0.122. The Kier molecular flexibility index (Phi) is 6.36. The van der Waals surface area contributed by atoms with E-state index < -0.39 is 6.86 Å². The van der Waals surface area contributed by atoms with Crippen LogP contribution in [-0.2, 0) is 16.0 Å². The number of benzene rings is 1. The van der Waals surface area contributed by atoms with Gasteiger partial charge in [0.1, 0.15) is 11.5 Å². The first-order valence-electron chi connectivity index (χ1n) is 6.03. The third kappa shape index (κ3) is 4.45. The maximum absolute atomic E-state index is 12.2. The first kappa shape index (κ1) is 14.6. The summed E-state index contributed by atoms with van der Waals surface area (Å²) in [6, 6.07) is 7.16. The van der Waals surface area contributed by atoms with E-state index in [1.54, 1.807) is 19.1 Å². The zero-order valence-corrected chi connectivity index (χ0v) is 10.8. The van der Waals surface area contributed by atoms with E-state index in [1.807, 2.05) is 19.1 Å². The molecular formula is C14H19FO3. The average Bonchev–Trinajstić information content (AvgIpc) is 2.36. The van der Waals surface area contributed by atoms with E-state index in [0.29, 0.717) is 25.4 Å². The third-order valence-corrected chi connectivity index (χ3v) is 2.75. The van der Waals surface area contributed by atoms with Crippen LogP contribution in [0.3, 0.4) is 0 Å². The molecule has 0 saturated carbocycles. The van der Waals surface area contributed by atoms with Gasteiger partial charge in [-0.25, -0.2) is 4.39 Å². The van der Waals surface area contributed by atoms with Crippen LogP contribution in [0.5, 0.6) is 5.75 Å². The quantitative estimate of drug-likeness (QED) is 0.715. The molecule has 0 N–H and O–H groups in total. The number of hydrogen-bond donors (Lipinski definition) is 0. The summed E-state index contributed by atoms with van der Waals surface area (Å²) in [5.74, 6) is 0.343. The van der Waals surface area contributed by atoms with Crippen LogP contribution in [0, 0.1) is 5.92 Å². The van der Waals surface area contributed by atoms with E-state index in [2.05, 4.69) is 0 Å². The molecule has 3 nitrogen and oxygen atoms in total.